The molecule has 2 N–H and O–H groups in total. The van der Waals surface area contributed by atoms with Gasteiger partial charge in [0.15, 0.2) is 0 Å². The number of carboxylic acid groups (broad SMARTS) is 1. The average molecular weight is 812 g/mol. The van der Waals surface area contributed by atoms with Gasteiger partial charge in [-0.05, 0) is 96.3 Å². The Morgan fingerprint density at radius 2 is 0.810 bits per heavy atom. The van der Waals surface area contributed by atoms with Crippen molar-refractivity contribution < 1.29 is 24.2 Å². The van der Waals surface area contributed by atoms with Crippen molar-refractivity contribution in [1.29, 1.82) is 0 Å². The number of aliphatic carboxylic acids is 1. The van der Waals surface area contributed by atoms with Crippen LogP contribution in [0.3, 0.4) is 0 Å². The molecular weight excluding hydrogens is 719 g/mol. The van der Waals surface area contributed by atoms with Crippen LogP contribution in [0.25, 0.3) is 0 Å². The lowest BCUT2D eigenvalue weighted by molar-refractivity contribution is -0.150. The molecule has 0 bridgehead atoms. The van der Waals surface area contributed by atoms with Gasteiger partial charge in [-0.3, -0.25) is 14.4 Å². The summed E-state index contributed by atoms with van der Waals surface area (Å²) in [7, 11) is 0. The van der Waals surface area contributed by atoms with E-state index in [1.807, 2.05) is 0 Å². The van der Waals surface area contributed by atoms with Gasteiger partial charge in [-0.25, -0.2) is 0 Å². The predicted molar refractivity (Wildman–Crippen MR) is 249 cm³/mol. The predicted octanol–water partition coefficient (Wildman–Crippen LogP) is 15.8. The number of amides is 1. The van der Waals surface area contributed by atoms with Crippen molar-refractivity contribution >= 4 is 17.8 Å². The van der Waals surface area contributed by atoms with Gasteiger partial charge >= 0.3 is 11.9 Å². The third kappa shape index (κ3) is 46.1. The van der Waals surface area contributed by atoms with E-state index in [4.69, 9.17) is 9.84 Å². The molecule has 0 saturated heterocycles. The van der Waals surface area contributed by atoms with Crippen molar-refractivity contribution in [2.45, 2.75) is 258 Å². The maximum absolute atomic E-state index is 12.8. The van der Waals surface area contributed by atoms with Crippen LogP contribution in [0.15, 0.2) is 48.6 Å². The highest BCUT2D eigenvalue weighted by Crippen LogP contribution is 2.18. The topological polar surface area (TPSA) is 92.7 Å². The average Bonchev–Trinajstić information content (AvgIpc) is 3.21. The minimum absolute atomic E-state index is 0.0105. The van der Waals surface area contributed by atoms with Gasteiger partial charge in [0.2, 0.25) is 5.91 Å². The Kier molecular flexibility index (Phi) is 44.9. The van der Waals surface area contributed by atoms with Crippen LogP contribution in [0.2, 0.25) is 0 Å². The number of hydrogen-bond acceptors (Lipinski definition) is 4. The Hall–Kier alpha value is -2.63. The van der Waals surface area contributed by atoms with Crippen LogP contribution in [-0.2, 0) is 19.1 Å². The molecule has 0 aliphatic heterocycles. The van der Waals surface area contributed by atoms with Crippen LogP contribution >= 0.6 is 0 Å². The zero-order chi connectivity index (χ0) is 42.3. The van der Waals surface area contributed by atoms with E-state index in [9.17, 15) is 14.4 Å². The normalized spacial score (nSPS) is 12.4. The summed E-state index contributed by atoms with van der Waals surface area (Å²) in [4.78, 5) is 35.1. The summed E-state index contributed by atoms with van der Waals surface area (Å²) < 4.78 is 6.04. The number of esters is 1. The van der Waals surface area contributed by atoms with E-state index in [-0.39, 0.29) is 24.5 Å². The third-order valence-electron chi connectivity index (χ3n) is 11.0. The number of unbranched alkanes of at least 4 members (excludes halogenated alkanes) is 26. The summed E-state index contributed by atoms with van der Waals surface area (Å²) in [5.41, 5.74) is 0. The number of hydrogen-bond donors (Lipinski definition) is 2. The molecule has 0 aliphatic rings. The highest BCUT2D eigenvalue weighted by atomic mass is 16.5. The molecule has 6 nitrogen and oxygen atoms in total. The molecule has 0 aromatic carbocycles. The lowest BCUT2D eigenvalue weighted by Crippen LogP contribution is -2.28. The fourth-order valence-electron chi connectivity index (χ4n) is 7.29. The maximum Gasteiger partial charge on any atom is 0.322 e. The maximum atomic E-state index is 12.8. The quantitative estimate of drug-likeness (QED) is 0.0363. The molecule has 0 aromatic heterocycles. The molecule has 0 saturated carbocycles. The van der Waals surface area contributed by atoms with Crippen LogP contribution in [0, 0.1) is 0 Å². The Morgan fingerprint density at radius 1 is 0.448 bits per heavy atom. The molecule has 1 unspecified atom stereocenters. The lowest BCUT2D eigenvalue weighted by Gasteiger charge is -2.18. The van der Waals surface area contributed by atoms with E-state index < -0.39 is 5.97 Å². The number of allylic oxidation sites excluding steroid dienone is 8. The second-order valence-electron chi connectivity index (χ2n) is 16.7. The number of carbonyl (C=O) groups is 3. The first-order valence-electron chi connectivity index (χ1n) is 24.8. The van der Waals surface area contributed by atoms with Gasteiger partial charge in [0.25, 0.3) is 0 Å². The first-order valence-corrected chi connectivity index (χ1v) is 24.8. The summed E-state index contributed by atoms with van der Waals surface area (Å²) in [6.07, 6.45) is 61.1. The second-order valence-corrected chi connectivity index (χ2v) is 16.7. The molecule has 1 amide bonds. The molecule has 6 heteroatoms. The second kappa shape index (κ2) is 47.1. The summed E-state index contributed by atoms with van der Waals surface area (Å²) in [6.45, 7) is 4.22. The Morgan fingerprint density at radius 3 is 1.29 bits per heavy atom. The van der Waals surface area contributed by atoms with Crippen molar-refractivity contribution in [3.63, 3.8) is 0 Å². The molecule has 1 atom stereocenters. The van der Waals surface area contributed by atoms with Gasteiger partial charge in [0.1, 0.15) is 12.6 Å². The lowest BCUT2D eigenvalue weighted by atomic mass is 10.0. The van der Waals surface area contributed by atoms with Gasteiger partial charge in [-0.15, -0.1) is 0 Å². The Labute approximate surface area is 359 Å². The van der Waals surface area contributed by atoms with Gasteiger partial charge in [0, 0.05) is 12.8 Å². The minimum Gasteiger partial charge on any atom is -0.480 e. The molecule has 0 aliphatic carbocycles. The standard InChI is InChI=1S/C52H93NO5/c1-3-5-7-9-11-13-15-17-18-19-20-21-22-23-24-25-26-28-30-32-34-39-43-47-52(57)58-49(45-41-37-35-38-42-46-50(54)53-48-51(55)56)44-40-36-33-31-29-27-16-14-12-10-8-6-4-2/h15,17,19-20,22-23,31,33,49H,3-14,16,18,21,24-30,32,34-48H2,1-2H3,(H,53,54)(H,55,56)/b17-15-,20-19-,23-22-,33-31-. The molecule has 336 valence electrons. The first kappa shape index (κ1) is 55.4. The van der Waals surface area contributed by atoms with Crippen LogP contribution in [0.4, 0.5) is 0 Å². The van der Waals surface area contributed by atoms with Crippen molar-refractivity contribution in [2.24, 2.45) is 0 Å². The molecule has 0 radical (unpaired) electrons. The highest BCUT2D eigenvalue weighted by molar-refractivity contribution is 5.80. The first-order chi connectivity index (χ1) is 28.5. The molecule has 58 heavy (non-hydrogen) atoms. The van der Waals surface area contributed by atoms with Crippen LogP contribution in [-0.4, -0.2) is 35.6 Å². The Balaban J connectivity index is 4.12. The van der Waals surface area contributed by atoms with Gasteiger partial charge in [-0.2, -0.15) is 0 Å². The van der Waals surface area contributed by atoms with Gasteiger partial charge in [-0.1, -0.05) is 191 Å². The van der Waals surface area contributed by atoms with E-state index in [2.05, 4.69) is 67.8 Å². The molecule has 0 fully saturated rings. The molecular formula is C52H93NO5. The van der Waals surface area contributed by atoms with Crippen LogP contribution < -0.4 is 5.32 Å². The smallest absolute Gasteiger partial charge is 0.322 e. The molecule has 0 aromatic rings. The summed E-state index contributed by atoms with van der Waals surface area (Å²) in [5.74, 6) is -1.25. The number of carboxylic acids is 1. The van der Waals surface area contributed by atoms with E-state index in [1.165, 1.54) is 141 Å². The van der Waals surface area contributed by atoms with E-state index in [0.29, 0.717) is 12.8 Å². The van der Waals surface area contributed by atoms with Gasteiger partial charge in [0.05, 0.1) is 0 Å². The fourth-order valence-corrected chi connectivity index (χ4v) is 7.29. The largest absolute Gasteiger partial charge is 0.480 e. The van der Waals surface area contributed by atoms with Crippen molar-refractivity contribution in [3.05, 3.63) is 48.6 Å². The Bertz CT molecular complexity index is 1030. The fraction of sp³-hybridized carbons (Fsp3) is 0.788. The highest BCUT2D eigenvalue weighted by Gasteiger charge is 2.14. The summed E-state index contributed by atoms with van der Waals surface area (Å²) in [5, 5.41) is 11.1. The zero-order valence-corrected chi connectivity index (χ0v) is 38.1. The van der Waals surface area contributed by atoms with Crippen LogP contribution in [0.1, 0.15) is 251 Å². The van der Waals surface area contributed by atoms with E-state index in [1.54, 1.807) is 0 Å². The summed E-state index contributed by atoms with van der Waals surface area (Å²) >= 11 is 0. The number of carbonyl (C=O) groups excluding carboxylic acids is 2. The SMILES string of the molecule is CCCCCCC/C=C\C/C=C\C/C=C\CCCCCCCCCCC(=O)OC(CCC/C=C\CCCCCCCCCC)CCCCCCCC(=O)NCC(=O)O. The monoisotopic (exact) mass is 812 g/mol. The van der Waals surface area contributed by atoms with E-state index in [0.717, 1.165) is 83.5 Å². The van der Waals surface area contributed by atoms with E-state index >= 15 is 0 Å². The molecule has 0 rings (SSSR count). The summed E-state index contributed by atoms with van der Waals surface area (Å²) in [6, 6.07) is 0. The van der Waals surface area contributed by atoms with Crippen LogP contribution in [0.5, 0.6) is 0 Å². The number of rotatable bonds is 45. The van der Waals surface area contributed by atoms with Gasteiger partial charge < -0.3 is 15.2 Å². The van der Waals surface area contributed by atoms with Crippen molar-refractivity contribution in [1.82, 2.24) is 5.32 Å². The minimum atomic E-state index is -1.02. The zero-order valence-electron chi connectivity index (χ0n) is 38.1. The third-order valence-corrected chi connectivity index (χ3v) is 11.0. The van der Waals surface area contributed by atoms with Crippen molar-refractivity contribution in [3.8, 4) is 0 Å². The molecule has 0 spiro atoms. The molecule has 0 heterocycles. The van der Waals surface area contributed by atoms with Crippen molar-refractivity contribution in [2.75, 3.05) is 6.54 Å². The number of ether oxygens (including phenoxy) is 1. The number of nitrogens with one attached hydrogen (secondary N) is 1.